The molecular weight excluding hydrogens is 278 g/mol. The van der Waals surface area contributed by atoms with Crippen molar-refractivity contribution in [2.24, 2.45) is 5.84 Å². The molecule has 0 fully saturated rings. The SMILES string of the molecule is NNc1ncnc2scc(-c3cccc([N+](=O)[O-])c3)c12. The van der Waals surface area contributed by atoms with E-state index in [1.54, 1.807) is 6.07 Å². The Kier molecular flexibility index (Phi) is 3.01. The molecular formula is C12H9N5O2S. The lowest BCUT2D eigenvalue weighted by atomic mass is 10.1. The molecule has 3 N–H and O–H groups in total. The summed E-state index contributed by atoms with van der Waals surface area (Å²) < 4.78 is 0. The van der Waals surface area contributed by atoms with Crippen molar-refractivity contribution in [2.75, 3.05) is 5.43 Å². The summed E-state index contributed by atoms with van der Waals surface area (Å²) in [6.45, 7) is 0. The van der Waals surface area contributed by atoms with E-state index in [-0.39, 0.29) is 5.69 Å². The summed E-state index contributed by atoms with van der Waals surface area (Å²) in [5.74, 6) is 5.95. The fraction of sp³-hybridized carbons (Fsp3) is 0. The molecule has 0 aliphatic carbocycles. The van der Waals surface area contributed by atoms with Gasteiger partial charge in [0.1, 0.15) is 11.2 Å². The van der Waals surface area contributed by atoms with Crippen molar-refractivity contribution in [2.45, 2.75) is 0 Å². The molecule has 0 amide bonds. The number of nitrogen functional groups attached to an aromatic ring is 1. The molecule has 8 heteroatoms. The topological polar surface area (TPSA) is 107 Å². The minimum atomic E-state index is -0.420. The third-order valence-corrected chi connectivity index (χ3v) is 3.76. The van der Waals surface area contributed by atoms with Crippen LogP contribution in [0.1, 0.15) is 0 Å². The molecule has 7 nitrogen and oxygen atoms in total. The number of thiophene rings is 1. The second-order valence-electron chi connectivity index (χ2n) is 4.00. The second kappa shape index (κ2) is 4.83. The summed E-state index contributed by atoms with van der Waals surface area (Å²) in [7, 11) is 0. The first-order chi connectivity index (χ1) is 9.70. The lowest BCUT2D eigenvalue weighted by Crippen LogP contribution is -2.09. The molecule has 0 saturated heterocycles. The van der Waals surface area contributed by atoms with Gasteiger partial charge in [0.05, 0.1) is 10.3 Å². The highest BCUT2D eigenvalue weighted by atomic mass is 32.1. The van der Waals surface area contributed by atoms with Crippen LogP contribution in [0.25, 0.3) is 21.3 Å². The first-order valence-electron chi connectivity index (χ1n) is 5.64. The van der Waals surface area contributed by atoms with E-state index in [0.717, 1.165) is 21.3 Å². The van der Waals surface area contributed by atoms with E-state index in [1.807, 2.05) is 11.4 Å². The number of nitro benzene ring substituents is 1. The summed E-state index contributed by atoms with van der Waals surface area (Å²) in [5, 5.41) is 13.5. The Bertz CT molecular complexity index is 801. The van der Waals surface area contributed by atoms with E-state index in [2.05, 4.69) is 15.4 Å². The maximum absolute atomic E-state index is 10.9. The number of fused-ring (bicyclic) bond motifs is 1. The van der Waals surface area contributed by atoms with Crippen LogP contribution in [0.3, 0.4) is 0 Å². The molecule has 0 aliphatic rings. The number of hydrazine groups is 1. The summed E-state index contributed by atoms with van der Waals surface area (Å²) >= 11 is 1.44. The van der Waals surface area contributed by atoms with Crippen LogP contribution in [0.4, 0.5) is 11.5 Å². The molecule has 3 rings (SSSR count). The Labute approximate surface area is 117 Å². The lowest BCUT2D eigenvalue weighted by Gasteiger charge is -2.04. The van der Waals surface area contributed by atoms with E-state index in [1.165, 1.54) is 29.8 Å². The van der Waals surface area contributed by atoms with Gasteiger partial charge >= 0.3 is 0 Å². The molecule has 0 unspecified atom stereocenters. The van der Waals surface area contributed by atoms with E-state index in [9.17, 15) is 10.1 Å². The average molecular weight is 287 g/mol. The van der Waals surface area contributed by atoms with E-state index in [4.69, 9.17) is 5.84 Å². The molecule has 0 bridgehead atoms. The number of nitrogens with zero attached hydrogens (tertiary/aromatic N) is 3. The predicted octanol–water partition coefficient (Wildman–Crippen LogP) is 2.55. The number of hydrogen-bond donors (Lipinski definition) is 2. The van der Waals surface area contributed by atoms with Crippen molar-refractivity contribution in [3.05, 3.63) is 46.1 Å². The zero-order valence-corrected chi connectivity index (χ0v) is 10.9. The van der Waals surface area contributed by atoms with Gasteiger partial charge in [-0.3, -0.25) is 10.1 Å². The van der Waals surface area contributed by atoms with Crippen molar-refractivity contribution < 1.29 is 4.92 Å². The Morgan fingerprint density at radius 1 is 1.35 bits per heavy atom. The highest BCUT2D eigenvalue weighted by molar-refractivity contribution is 7.17. The van der Waals surface area contributed by atoms with Gasteiger partial charge in [-0.2, -0.15) is 0 Å². The monoisotopic (exact) mass is 287 g/mol. The number of rotatable bonds is 3. The van der Waals surface area contributed by atoms with E-state index < -0.39 is 4.92 Å². The van der Waals surface area contributed by atoms with Crippen LogP contribution in [-0.4, -0.2) is 14.9 Å². The number of anilines is 1. The summed E-state index contributed by atoms with van der Waals surface area (Å²) in [5.41, 5.74) is 4.12. The average Bonchev–Trinajstić information content (AvgIpc) is 2.91. The Balaban J connectivity index is 2.24. The molecule has 1 aromatic carbocycles. The van der Waals surface area contributed by atoms with Gasteiger partial charge < -0.3 is 5.43 Å². The van der Waals surface area contributed by atoms with E-state index in [0.29, 0.717) is 5.82 Å². The Hall–Kier alpha value is -2.58. The second-order valence-corrected chi connectivity index (χ2v) is 4.86. The highest BCUT2D eigenvalue weighted by Crippen LogP contribution is 2.37. The number of aromatic nitrogens is 2. The summed E-state index contributed by atoms with van der Waals surface area (Å²) in [4.78, 5) is 19.5. The maximum atomic E-state index is 10.9. The van der Waals surface area contributed by atoms with Crippen molar-refractivity contribution >= 4 is 33.1 Å². The van der Waals surface area contributed by atoms with Crippen LogP contribution in [0.15, 0.2) is 36.0 Å². The molecule has 0 atom stereocenters. The number of benzene rings is 1. The first-order valence-corrected chi connectivity index (χ1v) is 6.52. The zero-order valence-electron chi connectivity index (χ0n) is 10.1. The van der Waals surface area contributed by atoms with Crippen molar-refractivity contribution in [1.82, 2.24) is 9.97 Å². The lowest BCUT2D eigenvalue weighted by molar-refractivity contribution is -0.384. The van der Waals surface area contributed by atoms with E-state index >= 15 is 0 Å². The van der Waals surface area contributed by atoms with Gasteiger partial charge in [0.25, 0.3) is 5.69 Å². The molecule has 0 aliphatic heterocycles. The van der Waals surface area contributed by atoms with Crippen molar-refractivity contribution in [3.63, 3.8) is 0 Å². The van der Waals surface area contributed by atoms with Gasteiger partial charge in [0, 0.05) is 23.1 Å². The minimum Gasteiger partial charge on any atom is -0.308 e. The Morgan fingerprint density at radius 3 is 2.95 bits per heavy atom. The third-order valence-electron chi connectivity index (χ3n) is 2.87. The summed E-state index contributed by atoms with van der Waals surface area (Å²) in [6, 6.07) is 6.43. The van der Waals surface area contributed by atoms with Gasteiger partial charge in [-0.25, -0.2) is 15.8 Å². The molecule has 2 aromatic heterocycles. The number of nitrogens with two attached hydrogens (primary N) is 1. The molecule has 0 saturated carbocycles. The fourth-order valence-corrected chi connectivity index (χ4v) is 2.90. The zero-order chi connectivity index (χ0) is 14.1. The number of nitro groups is 1. The van der Waals surface area contributed by atoms with Crippen molar-refractivity contribution in [1.29, 1.82) is 0 Å². The van der Waals surface area contributed by atoms with Gasteiger partial charge in [0.2, 0.25) is 0 Å². The third kappa shape index (κ3) is 1.96. The van der Waals surface area contributed by atoms with Gasteiger partial charge in [-0.15, -0.1) is 11.3 Å². The molecule has 3 aromatic rings. The maximum Gasteiger partial charge on any atom is 0.270 e. The predicted molar refractivity (Wildman–Crippen MR) is 77.3 cm³/mol. The fourth-order valence-electron chi connectivity index (χ4n) is 1.98. The minimum absolute atomic E-state index is 0.0426. The number of hydrogen-bond acceptors (Lipinski definition) is 7. The van der Waals surface area contributed by atoms with Crippen molar-refractivity contribution in [3.8, 4) is 11.1 Å². The summed E-state index contributed by atoms with van der Waals surface area (Å²) in [6.07, 6.45) is 1.42. The molecule has 2 heterocycles. The van der Waals surface area contributed by atoms with Crippen LogP contribution in [0.2, 0.25) is 0 Å². The normalized spacial score (nSPS) is 10.7. The molecule has 20 heavy (non-hydrogen) atoms. The standard InChI is InChI=1S/C12H9N5O2S/c13-16-11-10-9(5-20-12(10)15-6-14-11)7-2-1-3-8(4-7)17(18)19/h1-6H,13H2,(H,14,15,16). The quantitative estimate of drug-likeness (QED) is 0.435. The van der Waals surface area contributed by atoms with Crippen LogP contribution < -0.4 is 11.3 Å². The molecule has 0 radical (unpaired) electrons. The Morgan fingerprint density at radius 2 is 2.20 bits per heavy atom. The van der Waals surface area contributed by atoms with Gasteiger partial charge in [-0.1, -0.05) is 12.1 Å². The van der Waals surface area contributed by atoms with Crippen LogP contribution in [-0.2, 0) is 0 Å². The largest absolute Gasteiger partial charge is 0.308 e. The van der Waals surface area contributed by atoms with Crippen LogP contribution >= 0.6 is 11.3 Å². The smallest absolute Gasteiger partial charge is 0.270 e. The number of nitrogens with one attached hydrogen (secondary N) is 1. The molecule has 100 valence electrons. The van der Waals surface area contributed by atoms with Crippen LogP contribution in [0.5, 0.6) is 0 Å². The first kappa shape index (κ1) is 12.5. The van der Waals surface area contributed by atoms with Crippen LogP contribution in [0, 0.1) is 10.1 Å². The van der Waals surface area contributed by atoms with Gasteiger partial charge in [-0.05, 0) is 5.56 Å². The number of non-ortho nitro benzene ring substituents is 1. The van der Waals surface area contributed by atoms with Gasteiger partial charge in [0.15, 0.2) is 5.82 Å². The highest BCUT2D eigenvalue weighted by Gasteiger charge is 2.14. The molecule has 0 spiro atoms.